The second-order valence-electron chi connectivity index (χ2n) is 16.4. The Labute approximate surface area is 337 Å². The Morgan fingerprint density at radius 3 is 1.13 bits per heavy atom. The first-order valence-electron chi connectivity index (χ1n) is 24.2. The van der Waals surface area contributed by atoms with Gasteiger partial charge in [0.1, 0.15) is 6.61 Å². The molecule has 0 aromatic rings. The summed E-state index contributed by atoms with van der Waals surface area (Å²) in [4.78, 5) is 25.2. The van der Waals surface area contributed by atoms with Gasteiger partial charge >= 0.3 is 11.9 Å². The molecule has 0 saturated heterocycles. The molecule has 0 rings (SSSR count). The second-order valence-corrected chi connectivity index (χ2v) is 16.4. The van der Waals surface area contributed by atoms with Gasteiger partial charge in [0.25, 0.3) is 0 Å². The fourth-order valence-electron chi connectivity index (χ4n) is 7.15. The summed E-state index contributed by atoms with van der Waals surface area (Å²) in [7, 11) is 0. The third-order valence-electron chi connectivity index (χ3n) is 10.8. The van der Waals surface area contributed by atoms with Gasteiger partial charge in [-0.2, -0.15) is 0 Å². The number of carbonyl (C=O) groups is 2. The highest BCUT2D eigenvalue weighted by Crippen LogP contribution is 2.15. The van der Waals surface area contributed by atoms with E-state index >= 15 is 0 Å². The molecule has 0 N–H and O–H groups in total. The van der Waals surface area contributed by atoms with Crippen molar-refractivity contribution in [2.24, 2.45) is 0 Å². The summed E-state index contributed by atoms with van der Waals surface area (Å²) in [5, 5.41) is 0. The fraction of sp³-hybridized carbons (Fsp3) is 0.918. The molecule has 0 fully saturated rings. The number of hydrogen-bond acceptors (Lipinski definition) is 5. The average molecular weight is 763 g/mol. The molecule has 1 atom stereocenters. The van der Waals surface area contributed by atoms with Crippen LogP contribution in [0.3, 0.4) is 0 Å². The third-order valence-corrected chi connectivity index (χ3v) is 10.8. The van der Waals surface area contributed by atoms with Crippen molar-refractivity contribution >= 4 is 11.9 Å². The van der Waals surface area contributed by atoms with Gasteiger partial charge in [-0.3, -0.25) is 9.59 Å². The van der Waals surface area contributed by atoms with Crippen LogP contribution in [0.2, 0.25) is 0 Å². The first-order valence-corrected chi connectivity index (χ1v) is 24.2. The number of rotatable bonds is 45. The maximum atomic E-state index is 12.7. The molecule has 0 aromatic heterocycles. The molecule has 0 saturated carbocycles. The molecule has 1 unspecified atom stereocenters. The van der Waals surface area contributed by atoms with Gasteiger partial charge in [-0.15, -0.1) is 0 Å². The van der Waals surface area contributed by atoms with Crippen LogP contribution < -0.4 is 0 Å². The Hall–Kier alpha value is -1.36. The number of unbranched alkanes of at least 4 members (excludes halogenated alkanes) is 32. The first-order chi connectivity index (χ1) is 26.6. The molecule has 0 amide bonds. The average Bonchev–Trinajstić information content (AvgIpc) is 3.17. The predicted molar refractivity (Wildman–Crippen MR) is 233 cm³/mol. The van der Waals surface area contributed by atoms with E-state index in [1.807, 2.05) is 0 Å². The molecule has 0 aromatic carbocycles. The zero-order valence-corrected chi connectivity index (χ0v) is 36.8. The van der Waals surface area contributed by atoms with Gasteiger partial charge in [0.15, 0.2) is 6.10 Å². The van der Waals surface area contributed by atoms with E-state index in [4.69, 9.17) is 14.2 Å². The number of esters is 2. The van der Waals surface area contributed by atoms with Crippen LogP contribution in [0.5, 0.6) is 0 Å². The minimum atomic E-state index is -0.524. The third kappa shape index (κ3) is 43.4. The molecule has 0 aliphatic heterocycles. The SMILES string of the molecule is CCCCCCCC/C=C\CCCCCCCCCCCC(=O)OCC(COCCCCCCCCCCCC)OC(=O)CCCCCCCCCCC. The van der Waals surface area contributed by atoms with Gasteiger partial charge in [0.05, 0.1) is 6.61 Å². The second kappa shape index (κ2) is 46.0. The van der Waals surface area contributed by atoms with Crippen LogP contribution >= 0.6 is 0 Å². The van der Waals surface area contributed by atoms with Crippen LogP contribution in [0.4, 0.5) is 0 Å². The van der Waals surface area contributed by atoms with Crippen molar-refractivity contribution in [1.29, 1.82) is 0 Å². The maximum Gasteiger partial charge on any atom is 0.306 e. The number of hydrogen-bond donors (Lipinski definition) is 0. The van der Waals surface area contributed by atoms with Gasteiger partial charge < -0.3 is 14.2 Å². The van der Waals surface area contributed by atoms with Crippen LogP contribution in [0.1, 0.15) is 265 Å². The largest absolute Gasteiger partial charge is 0.462 e. The van der Waals surface area contributed by atoms with Gasteiger partial charge in [-0.1, -0.05) is 219 Å². The maximum absolute atomic E-state index is 12.7. The van der Waals surface area contributed by atoms with Crippen LogP contribution in [0.15, 0.2) is 12.2 Å². The van der Waals surface area contributed by atoms with Crippen LogP contribution in [0, 0.1) is 0 Å². The van der Waals surface area contributed by atoms with E-state index in [0.717, 1.165) is 32.1 Å². The van der Waals surface area contributed by atoms with E-state index in [9.17, 15) is 9.59 Å². The van der Waals surface area contributed by atoms with E-state index < -0.39 is 6.10 Å². The lowest BCUT2D eigenvalue weighted by atomic mass is 10.1. The normalized spacial score (nSPS) is 12.1. The molecule has 0 spiro atoms. The van der Waals surface area contributed by atoms with Crippen LogP contribution in [-0.2, 0) is 23.8 Å². The number of carbonyl (C=O) groups excluding carboxylic acids is 2. The van der Waals surface area contributed by atoms with E-state index in [-0.39, 0.29) is 18.5 Å². The molecule has 0 aliphatic rings. The van der Waals surface area contributed by atoms with Gasteiger partial charge in [0.2, 0.25) is 0 Å². The Balaban J connectivity index is 4.08. The van der Waals surface area contributed by atoms with Crippen molar-refractivity contribution in [3.05, 3.63) is 12.2 Å². The zero-order chi connectivity index (χ0) is 39.3. The quantitative estimate of drug-likeness (QED) is 0.0351. The summed E-state index contributed by atoms with van der Waals surface area (Å²) >= 11 is 0. The van der Waals surface area contributed by atoms with E-state index in [1.54, 1.807) is 0 Å². The Kier molecular flexibility index (Phi) is 44.9. The van der Waals surface area contributed by atoms with Crippen LogP contribution in [0.25, 0.3) is 0 Å². The molecular weight excluding hydrogens is 669 g/mol. The van der Waals surface area contributed by atoms with Crippen molar-refractivity contribution in [3.63, 3.8) is 0 Å². The van der Waals surface area contributed by atoms with Crippen molar-refractivity contribution in [1.82, 2.24) is 0 Å². The highest BCUT2D eigenvalue weighted by Gasteiger charge is 2.17. The summed E-state index contributed by atoms with van der Waals surface area (Å²) in [6, 6.07) is 0. The van der Waals surface area contributed by atoms with E-state index in [2.05, 4.69) is 32.9 Å². The Morgan fingerprint density at radius 1 is 0.389 bits per heavy atom. The zero-order valence-electron chi connectivity index (χ0n) is 36.8. The molecule has 5 heteroatoms. The highest BCUT2D eigenvalue weighted by atomic mass is 16.6. The molecule has 5 nitrogen and oxygen atoms in total. The van der Waals surface area contributed by atoms with Crippen LogP contribution in [-0.4, -0.2) is 37.9 Å². The molecule has 0 radical (unpaired) electrons. The summed E-state index contributed by atoms with van der Waals surface area (Å²) < 4.78 is 17.3. The molecule has 54 heavy (non-hydrogen) atoms. The predicted octanol–water partition coefficient (Wildman–Crippen LogP) is 15.9. The van der Waals surface area contributed by atoms with Gasteiger partial charge in [-0.05, 0) is 44.9 Å². The van der Waals surface area contributed by atoms with Crippen molar-refractivity contribution in [2.45, 2.75) is 271 Å². The lowest BCUT2D eigenvalue weighted by molar-refractivity contribution is -0.163. The lowest BCUT2D eigenvalue weighted by Gasteiger charge is -2.18. The Morgan fingerprint density at radius 2 is 0.722 bits per heavy atom. The molecule has 0 aliphatic carbocycles. The topological polar surface area (TPSA) is 61.8 Å². The highest BCUT2D eigenvalue weighted by molar-refractivity contribution is 5.70. The van der Waals surface area contributed by atoms with Crippen molar-refractivity contribution < 1.29 is 23.8 Å². The number of allylic oxidation sites excluding steroid dienone is 2. The lowest BCUT2D eigenvalue weighted by Crippen LogP contribution is -2.30. The summed E-state index contributed by atoms with van der Waals surface area (Å²) in [6.45, 7) is 7.84. The fourth-order valence-corrected chi connectivity index (χ4v) is 7.15. The standard InChI is InChI=1S/C49H94O5/c1-4-7-10-13-16-19-21-22-23-24-25-26-27-28-29-31-33-36-39-42-48(50)53-46-47(45-52-44-41-38-35-32-20-17-14-11-8-5-2)54-49(51)43-40-37-34-30-18-15-12-9-6-3/h22-23,47H,4-21,24-46H2,1-3H3/b23-22-. The number of ether oxygens (including phenoxy) is 3. The minimum absolute atomic E-state index is 0.0925. The minimum Gasteiger partial charge on any atom is -0.462 e. The summed E-state index contributed by atoms with van der Waals surface area (Å²) in [5.74, 6) is -0.386. The van der Waals surface area contributed by atoms with E-state index in [1.165, 1.54) is 199 Å². The van der Waals surface area contributed by atoms with Crippen molar-refractivity contribution in [3.8, 4) is 0 Å². The van der Waals surface area contributed by atoms with Crippen molar-refractivity contribution in [2.75, 3.05) is 19.8 Å². The van der Waals surface area contributed by atoms with Gasteiger partial charge in [0, 0.05) is 19.4 Å². The summed E-state index contributed by atoms with van der Waals surface area (Å²) in [6.07, 6.45) is 50.7. The molecule has 320 valence electrons. The monoisotopic (exact) mass is 763 g/mol. The first kappa shape index (κ1) is 52.6. The molecule has 0 heterocycles. The van der Waals surface area contributed by atoms with E-state index in [0.29, 0.717) is 26.1 Å². The molecular formula is C49H94O5. The Bertz CT molecular complexity index is 780. The van der Waals surface area contributed by atoms with Gasteiger partial charge in [-0.25, -0.2) is 0 Å². The summed E-state index contributed by atoms with van der Waals surface area (Å²) in [5.41, 5.74) is 0. The molecule has 0 bridgehead atoms. The smallest absolute Gasteiger partial charge is 0.306 e.